The topological polar surface area (TPSA) is 57.7 Å². The van der Waals surface area contributed by atoms with Gasteiger partial charge < -0.3 is 4.90 Å². The number of piperidine rings is 1. The molecule has 1 saturated heterocycles. The number of halogens is 1. The van der Waals surface area contributed by atoms with Gasteiger partial charge in [-0.1, -0.05) is 18.2 Å². The summed E-state index contributed by atoms with van der Waals surface area (Å²) in [6, 6.07) is 8.23. The number of aryl methyl sites for hydroxylation is 2. The van der Waals surface area contributed by atoms with Gasteiger partial charge >= 0.3 is 0 Å². The van der Waals surface area contributed by atoms with Crippen LogP contribution in [-0.4, -0.2) is 43.7 Å². The SMILES string of the molecule is Cc1cc(C)c(C)c(S(=O)(=O)N2CCC(C(=O)N(C)Cc3cccc(F)c3)CC2)c1C. The lowest BCUT2D eigenvalue weighted by Crippen LogP contribution is -2.43. The first-order chi connectivity index (χ1) is 14.5. The number of rotatable bonds is 5. The molecule has 1 aliphatic heterocycles. The number of hydrogen-bond acceptors (Lipinski definition) is 3. The van der Waals surface area contributed by atoms with Gasteiger partial charge in [0.2, 0.25) is 15.9 Å². The van der Waals surface area contributed by atoms with Crippen LogP contribution < -0.4 is 0 Å². The molecule has 7 heteroatoms. The fourth-order valence-corrected chi connectivity index (χ4v) is 6.38. The van der Waals surface area contributed by atoms with Crippen LogP contribution in [0, 0.1) is 39.4 Å². The molecular weight excluding hydrogens is 415 g/mol. The minimum atomic E-state index is -3.62. The average Bonchev–Trinajstić information content (AvgIpc) is 2.72. The molecule has 1 heterocycles. The maximum atomic E-state index is 13.4. The van der Waals surface area contributed by atoms with Gasteiger partial charge in [-0.3, -0.25) is 4.79 Å². The van der Waals surface area contributed by atoms with Gasteiger partial charge in [0.05, 0.1) is 4.90 Å². The predicted octanol–water partition coefficient (Wildman–Crippen LogP) is 4.12. The lowest BCUT2D eigenvalue weighted by Gasteiger charge is -2.33. The predicted molar refractivity (Wildman–Crippen MR) is 120 cm³/mol. The van der Waals surface area contributed by atoms with Gasteiger partial charge in [0.15, 0.2) is 0 Å². The zero-order valence-electron chi connectivity index (χ0n) is 18.9. The molecule has 0 atom stereocenters. The molecular formula is C24H31FN2O3S. The van der Waals surface area contributed by atoms with Crippen molar-refractivity contribution in [2.75, 3.05) is 20.1 Å². The summed E-state index contributed by atoms with van der Waals surface area (Å²) in [6.07, 6.45) is 0.961. The van der Waals surface area contributed by atoms with E-state index >= 15 is 0 Å². The third kappa shape index (κ3) is 4.83. The number of hydrogen-bond donors (Lipinski definition) is 0. The van der Waals surface area contributed by atoms with Gasteiger partial charge in [-0.05, 0) is 80.5 Å². The first kappa shape index (κ1) is 23.4. The smallest absolute Gasteiger partial charge is 0.243 e. The Balaban J connectivity index is 1.70. The van der Waals surface area contributed by atoms with E-state index in [0.29, 0.717) is 37.4 Å². The third-order valence-corrected chi connectivity index (χ3v) is 8.56. The Labute approximate surface area is 184 Å². The van der Waals surface area contributed by atoms with Crippen molar-refractivity contribution < 1.29 is 17.6 Å². The van der Waals surface area contributed by atoms with Crippen LogP contribution in [0.5, 0.6) is 0 Å². The second-order valence-electron chi connectivity index (χ2n) is 8.59. The minimum Gasteiger partial charge on any atom is -0.341 e. The van der Waals surface area contributed by atoms with E-state index in [9.17, 15) is 17.6 Å². The molecule has 31 heavy (non-hydrogen) atoms. The summed E-state index contributed by atoms with van der Waals surface area (Å²) in [5.41, 5.74) is 4.24. The summed E-state index contributed by atoms with van der Waals surface area (Å²) in [6.45, 7) is 8.53. The largest absolute Gasteiger partial charge is 0.341 e. The fraction of sp³-hybridized carbons (Fsp3) is 0.458. The Morgan fingerprint density at radius 2 is 1.65 bits per heavy atom. The number of benzene rings is 2. The van der Waals surface area contributed by atoms with Crippen LogP contribution in [0.2, 0.25) is 0 Å². The van der Waals surface area contributed by atoms with Crippen LogP contribution in [0.4, 0.5) is 4.39 Å². The molecule has 0 aromatic heterocycles. The van der Waals surface area contributed by atoms with Gasteiger partial charge in [-0.15, -0.1) is 0 Å². The summed E-state index contributed by atoms with van der Waals surface area (Å²) >= 11 is 0. The highest BCUT2D eigenvalue weighted by Crippen LogP contribution is 2.31. The van der Waals surface area contributed by atoms with E-state index in [1.165, 1.54) is 16.4 Å². The molecule has 5 nitrogen and oxygen atoms in total. The molecule has 1 fully saturated rings. The van der Waals surface area contributed by atoms with Crippen molar-refractivity contribution in [1.29, 1.82) is 0 Å². The third-order valence-electron chi connectivity index (χ3n) is 6.38. The molecule has 3 rings (SSSR count). The van der Waals surface area contributed by atoms with Gasteiger partial charge in [-0.2, -0.15) is 4.31 Å². The standard InChI is InChI=1S/C24H31FN2O3S/c1-16-13-17(2)19(4)23(18(16)3)31(29,30)27-11-9-21(10-12-27)24(28)26(5)15-20-7-6-8-22(25)14-20/h6-8,13-14,21H,9-12,15H2,1-5H3. The molecule has 0 unspecified atom stereocenters. The van der Waals surface area contributed by atoms with Gasteiger partial charge in [0.1, 0.15) is 5.82 Å². The van der Waals surface area contributed by atoms with Crippen LogP contribution in [0.3, 0.4) is 0 Å². The number of nitrogens with zero attached hydrogens (tertiary/aromatic N) is 2. The number of carbonyl (C=O) groups excluding carboxylic acids is 1. The first-order valence-electron chi connectivity index (χ1n) is 10.6. The maximum Gasteiger partial charge on any atom is 0.243 e. The van der Waals surface area contributed by atoms with Gasteiger partial charge in [0.25, 0.3) is 0 Å². The number of carbonyl (C=O) groups is 1. The van der Waals surface area contributed by atoms with E-state index in [4.69, 9.17) is 0 Å². The summed E-state index contributed by atoms with van der Waals surface area (Å²) in [5, 5.41) is 0. The molecule has 2 aromatic carbocycles. The maximum absolute atomic E-state index is 13.4. The second kappa shape index (κ2) is 9.09. The monoisotopic (exact) mass is 446 g/mol. The second-order valence-corrected chi connectivity index (χ2v) is 10.5. The number of sulfonamides is 1. The van der Waals surface area contributed by atoms with Crippen LogP contribution in [0.1, 0.15) is 40.7 Å². The Bertz CT molecular complexity index is 1060. The van der Waals surface area contributed by atoms with Crippen LogP contribution in [-0.2, 0) is 21.4 Å². The Morgan fingerprint density at radius 1 is 1.06 bits per heavy atom. The van der Waals surface area contributed by atoms with E-state index in [-0.39, 0.29) is 17.6 Å². The molecule has 1 amide bonds. The minimum absolute atomic E-state index is 0.0277. The van der Waals surface area contributed by atoms with Crippen molar-refractivity contribution in [2.24, 2.45) is 5.92 Å². The van der Waals surface area contributed by atoms with Crippen molar-refractivity contribution in [3.63, 3.8) is 0 Å². The summed E-state index contributed by atoms with van der Waals surface area (Å²) in [7, 11) is -1.92. The van der Waals surface area contributed by atoms with Crippen LogP contribution >= 0.6 is 0 Å². The zero-order valence-corrected chi connectivity index (χ0v) is 19.7. The van der Waals surface area contributed by atoms with E-state index in [2.05, 4.69) is 0 Å². The highest BCUT2D eigenvalue weighted by atomic mass is 32.2. The van der Waals surface area contributed by atoms with E-state index in [1.807, 2.05) is 33.8 Å². The summed E-state index contributed by atoms with van der Waals surface area (Å²) in [4.78, 5) is 14.9. The Kier molecular flexibility index (Phi) is 6.86. The molecule has 2 aromatic rings. The molecule has 1 aliphatic rings. The normalized spacial score (nSPS) is 15.8. The molecule has 0 N–H and O–H groups in total. The average molecular weight is 447 g/mol. The van der Waals surface area contributed by atoms with Gasteiger partial charge in [-0.25, -0.2) is 12.8 Å². The molecule has 168 valence electrons. The Hall–Kier alpha value is -2.25. The van der Waals surface area contributed by atoms with E-state index in [1.54, 1.807) is 24.1 Å². The lowest BCUT2D eigenvalue weighted by molar-refractivity contribution is -0.135. The van der Waals surface area contributed by atoms with Crippen molar-refractivity contribution in [2.45, 2.75) is 52.0 Å². The molecule has 0 spiro atoms. The van der Waals surface area contributed by atoms with Gasteiger partial charge in [0, 0.05) is 32.6 Å². The van der Waals surface area contributed by atoms with Crippen molar-refractivity contribution in [1.82, 2.24) is 9.21 Å². The highest BCUT2D eigenvalue weighted by Gasteiger charge is 2.35. The number of amides is 1. The van der Waals surface area contributed by atoms with E-state index < -0.39 is 10.0 Å². The van der Waals surface area contributed by atoms with Crippen LogP contribution in [0.25, 0.3) is 0 Å². The molecule has 0 saturated carbocycles. The Morgan fingerprint density at radius 3 is 2.19 bits per heavy atom. The molecule has 0 bridgehead atoms. The summed E-state index contributed by atoms with van der Waals surface area (Å²) in [5.74, 6) is -0.583. The summed E-state index contributed by atoms with van der Waals surface area (Å²) < 4.78 is 41.7. The highest BCUT2D eigenvalue weighted by molar-refractivity contribution is 7.89. The lowest BCUT2D eigenvalue weighted by atomic mass is 9.96. The van der Waals surface area contributed by atoms with Crippen molar-refractivity contribution in [3.05, 3.63) is 64.0 Å². The zero-order chi connectivity index (χ0) is 22.9. The fourth-order valence-electron chi connectivity index (χ4n) is 4.34. The molecule has 0 aliphatic carbocycles. The first-order valence-corrected chi connectivity index (χ1v) is 12.0. The quantitative estimate of drug-likeness (QED) is 0.694. The van der Waals surface area contributed by atoms with Crippen LogP contribution in [0.15, 0.2) is 35.2 Å². The van der Waals surface area contributed by atoms with Crippen molar-refractivity contribution >= 4 is 15.9 Å². The molecule has 0 radical (unpaired) electrons. The van der Waals surface area contributed by atoms with E-state index in [0.717, 1.165) is 27.8 Å². The van der Waals surface area contributed by atoms with Crippen molar-refractivity contribution in [3.8, 4) is 0 Å².